The predicted octanol–water partition coefficient (Wildman–Crippen LogP) is 2.29. The van der Waals surface area contributed by atoms with E-state index in [1.54, 1.807) is 43.3 Å². The van der Waals surface area contributed by atoms with Gasteiger partial charge in [0.25, 0.3) is 0 Å². The lowest BCUT2D eigenvalue weighted by Crippen LogP contribution is -2.10. The maximum Gasteiger partial charge on any atom is 0.125 e. The summed E-state index contributed by atoms with van der Waals surface area (Å²) in [4.78, 5) is 0. The summed E-state index contributed by atoms with van der Waals surface area (Å²) in [6.07, 6.45) is 2.41. The van der Waals surface area contributed by atoms with Crippen LogP contribution < -0.4 is 9.47 Å². The number of methoxy groups -OCH3 is 2. The first-order valence-corrected chi connectivity index (χ1v) is 6.09. The van der Waals surface area contributed by atoms with Crippen LogP contribution in [0.3, 0.4) is 0 Å². The molecule has 0 aliphatic carbocycles. The third kappa shape index (κ3) is 3.19. The van der Waals surface area contributed by atoms with Gasteiger partial charge in [-0.2, -0.15) is 5.10 Å². The van der Waals surface area contributed by atoms with Crippen LogP contribution in [-0.4, -0.2) is 29.1 Å². The third-order valence-electron chi connectivity index (χ3n) is 2.76. The number of rotatable bonds is 5. The Kier molecular flexibility index (Phi) is 4.29. The third-order valence-corrected chi connectivity index (χ3v) is 2.95. The molecule has 0 amide bonds. The molecule has 1 N–H and O–H groups in total. The van der Waals surface area contributed by atoms with Crippen molar-refractivity contribution in [2.75, 3.05) is 14.2 Å². The summed E-state index contributed by atoms with van der Waals surface area (Å²) in [6, 6.07) is 5.28. The van der Waals surface area contributed by atoms with Crippen LogP contribution in [0.5, 0.6) is 11.5 Å². The van der Waals surface area contributed by atoms with Crippen LogP contribution in [0.1, 0.15) is 11.7 Å². The van der Waals surface area contributed by atoms with Crippen molar-refractivity contribution in [2.45, 2.75) is 12.6 Å². The fourth-order valence-electron chi connectivity index (χ4n) is 1.81. The Bertz CT molecular complexity index is 557. The topological polar surface area (TPSA) is 56.5 Å². The molecule has 0 saturated carbocycles. The maximum atomic E-state index is 10.3. The zero-order valence-corrected chi connectivity index (χ0v) is 11.5. The molecule has 0 saturated heterocycles. The van der Waals surface area contributed by atoms with Crippen molar-refractivity contribution in [1.29, 1.82) is 0 Å². The van der Waals surface area contributed by atoms with Gasteiger partial charge in [0, 0.05) is 11.8 Å². The molecule has 2 rings (SSSR count). The molecule has 1 aromatic carbocycles. The summed E-state index contributed by atoms with van der Waals surface area (Å²) in [5, 5.41) is 14.8. The number of hydrogen-bond donors (Lipinski definition) is 1. The Morgan fingerprint density at radius 2 is 2.16 bits per heavy atom. The summed E-state index contributed by atoms with van der Waals surface area (Å²) < 4.78 is 12.0. The van der Waals surface area contributed by atoms with Gasteiger partial charge in [-0.15, -0.1) is 0 Å². The maximum absolute atomic E-state index is 10.3. The van der Waals surface area contributed by atoms with E-state index in [-0.39, 0.29) is 6.54 Å². The Morgan fingerprint density at radius 1 is 1.37 bits per heavy atom. The van der Waals surface area contributed by atoms with Gasteiger partial charge in [-0.3, -0.25) is 4.68 Å². The molecule has 102 valence electrons. The molecular formula is C13H15ClN2O3. The van der Waals surface area contributed by atoms with E-state index < -0.39 is 6.10 Å². The zero-order valence-electron chi connectivity index (χ0n) is 10.7. The van der Waals surface area contributed by atoms with Crippen molar-refractivity contribution < 1.29 is 14.6 Å². The molecule has 19 heavy (non-hydrogen) atoms. The highest BCUT2D eigenvalue weighted by atomic mass is 35.5. The lowest BCUT2D eigenvalue weighted by Gasteiger charge is -2.16. The van der Waals surface area contributed by atoms with Crippen molar-refractivity contribution in [2.24, 2.45) is 0 Å². The molecule has 1 aromatic heterocycles. The number of nitrogens with zero attached hydrogens (tertiary/aromatic N) is 2. The van der Waals surface area contributed by atoms with Gasteiger partial charge in [-0.05, 0) is 18.2 Å². The highest BCUT2D eigenvalue weighted by Crippen LogP contribution is 2.30. The summed E-state index contributed by atoms with van der Waals surface area (Å²) in [5.74, 6) is 1.26. The van der Waals surface area contributed by atoms with E-state index >= 15 is 0 Å². The number of ether oxygens (including phenoxy) is 2. The minimum absolute atomic E-state index is 0.288. The van der Waals surface area contributed by atoms with Gasteiger partial charge in [-0.25, -0.2) is 0 Å². The molecule has 6 heteroatoms. The average molecular weight is 283 g/mol. The highest BCUT2D eigenvalue weighted by molar-refractivity contribution is 6.30. The minimum atomic E-state index is -0.763. The second-order valence-electron chi connectivity index (χ2n) is 4.00. The van der Waals surface area contributed by atoms with Crippen LogP contribution >= 0.6 is 11.6 Å². The van der Waals surface area contributed by atoms with Gasteiger partial charge in [0.1, 0.15) is 17.6 Å². The van der Waals surface area contributed by atoms with Crippen molar-refractivity contribution in [3.63, 3.8) is 0 Å². The Labute approximate surface area is 116 Å². The number of benzene rings is 1. The lowest BCUT2D eigenvalue weighted by molar-refractivity contribution is 0.147. The smallest absolute Gasteiger partial charge is 0.125 e. The summed E-state index contributed by atoms with van der Waals surface area (Å²) in [5.41, 5.74) is 0.647. The fraction of sp³-hybridized carbons (Fsp3) is 0.308. The predicted molar refractivity (Wildman–Crippen MR) is 71.7 cm³/mol. The minimum Gasteiger partial charge on any atom is -0.497 e. The van der Waals surface area contributed by atoms with Crippen LogP contribution in [0.4, 0.5) is 0 Å². The van der Waals surface area contributed by atoms with E-state index in [0.717, 1.165) is 0 Å². The first-order valence-electron chi connectivity index (χ1n) is 5.72. The second-order valence-corrected chi connectivity index (χ2v) is 4.44. The molecule has 0 fully saturated rings. The molecule has 0 aliphatic rings. The quantitative estimate of drug-likeness (QED) is 0.914. The van der Waals surface area contributed by atoms with Gasteiger partial charge in [0.15, 0.2) is 0 Å². The Hall–Kier alpha value is -1.72. The molecule has 0 radical (unpaired) electrons. The van der Waals surface area contributed by atoms with Crippen LogP contribution in [-0.2, 0) is 6.54 Å². The Morgan fingerprint density at radius 3 is 2.74 bits per heavy atom. The molecule has 1 atom stereocenters. The van der Waals surface area contributed by atoms with Crippen LogP contribution in [0.2, 0.25) is 5.02 Å². The normalized spacial score (nSPS) is 12.2. The zero-order chi connectivity index (χ0) is 13.8. The van der Waals surface area contributed by atoms with Gasteiger partial charge in [-0.1, -0.05) is 11.6 Å². The first-order chi connectivity index (χ1) is 9.13. The largest absolute Gasteiger partial charge is 0.497 e. The van der Waals surface area contributed by atoms with Crippen LogP contribution in [0, 0.1) is 0 Å². The molecule has 5 nitrogen and oxygen atoms in total. The molecule has 1 heterocycles. The molecule has 1 unspecified atom stereocenters. The number of hydrogen-bond acceptors (Lipinski definition) is 4. The molecule has 0 bridgehead atoms. The SMILES string of the molecule is COc1ccc(OC)c(C(O)Cn2cc(Cl)cn2)c1. The number of aliphatic hydroxyl groups excluding tert-OH is 1. The van der Waals surface area contributed by atoms with Gasteiger partial charge >= 0.3 is 0 Å². The number of aromatic nitrogens is 2. The van der Waals surface area contributed by atoms with Crippen molar-refractivity contribution >= 4 is 11.6 Å². The van der Waals surface area contributed by atoms with E-state index in [2.05, 4.69) is 5.10 Å². The van der Waals surface area contributed by atoms with E-state index in [4.69, 9.17) is 21.1 Å². The van der Waals surface area contributed by atoms with Crippen molar-refractivity contribution in [3.8, 4) is 11.5 Å². The van der Waals surface area contributed by atoms with E-state index in [0.29, 0.717) is 22.1 Å². The van der Waals surface area contributed by atoms with Crippen molar-refractivity contribution in [3.05, 3.63) is 41.2 Å². The van der Waals surface area contributed by atoms with Gasteiger partial charge < -0.3 is 14.6 Å². The molecular weight excluding hydrogens is 268 g/mol. The lowest BCUT2D eigenvalue weighted by atomic mass is 10.1. The number of halogens is 1. The Balaban J connectivity index is 2.23. The van der Waals surface area contributed by atoms with E-state index in [1.807, 2.05) is 0 Å². The van der Waals surface area contributed by atoms with E-state index in [1.165, 1.54) is 6.20 Å². The standard InChI is InChI=1S/C13H15ClN2O3/c1-18-10-3-4-13(19-2)11(5-10)12(17)8-16-7-9(14)6-15-16/h3-7,12,17H,8H2,1-2H3. The second kappa shape index (κ2) is 5.95. The summed E-state index contributed by atoms with van der Waals surface area (Å²) in [7, 11) is 3.13. The van der Waals surface area contributed by atoms with E-state index in [9.17, 15) is 5.11 Å². The van der Waals surface area contributed by atoms with Gasteiger partial charge in [0.05, 0.1) is 32.0 Å². The first kappa shape index (κ1) is 13.7. The average Bonchev–Trinajstić information content (AvgIpc) is 2.83. The van der Waals surface area contributed by atoms with Gasteiger partial charge in [0.2, 0.25) is 0 Å². The van der Waals surface area contributed by atoms with Crippen LogP contribution in [0.15, 0.2) is 30.6 Å². The number of aliphatic hydroxyl groups is 1. The van der Waals surface area contributed by atoms with Crippen LogP contribution in [0.25, 0.3) is 0 Å². The monoisotopic (exact) mass is 282 g/mol. The summed E-state index contributed by atoms with van der Waals surface area (Å²) in [6.45, 7) is 0.288. The highest BCUT2D eigenvalue weighted by Gasteiger charge is 2.15. The summed E-state index contributed by atoms with van der Waals surface area (Å²) >= 11 is 5.79. The molecule has 2 aromatic rings. The van der Waals surface area contributed by atoms with Crippen molar-refractivity contribution in [1.82, 2.24) is 9.78 Å². The molecule has 0 spiro atoms. The fourth-order valence-corrected chi connectivity index (χ4v) is 1.97. The molecule has 0 aliphatic heterocycles.